The second-order valence-electron chi connectivity index (χ2n) is 4.56. The average Bonchev–Trinajstić information content (AvgIpc) is 2.58. The molecule has 0 amide bonds. The Hall–Kier alpha value is -0.0400. The van der Waals surface area contributed by atoms with Gasteiger partial charge in [0.25, 0.3) is 0 Å². The van der Waals surface area contributed by atoms with E-state index in [4.69, 9.17) is 0 Å². The molecule has 1 atom stereocenters. The Morgan fingerprint density at radius 1 is 1.30 bits per heavy atom. The molecule has 1 saturated heterocycles. The molecule has 0 spiro atoms. The predicted octanol–water partition coefficient (Wildman–Crippen LogP) is 1.64. The summed E-state index contributed by atoms with van der Waals surface area (Å²) in [6.07, 6.45) is 2.99. The van der Waals surface area contributed by atoms with Gasteiger partial charge >= 0.3 is 0 Å². The Labute approximate surface area is 63.2 Å². The highest BCUT2D eigenvalue weighted by Gasteiger charge is 2.43. The SMILES string of the molecule is CC1(C)CNC[C@H]1C1CC1. The van der Waals surface area contributed by atoms with E-state index in [2.05, 4.69) is 19.2 Å². The van der Waals surface area contributed by atoms with Crippen molar-refractivity contribution in [1.82, 2.24) is 5.32 Å². The van der Waals surface area contributed by atoms with Gasteiger partial charge in [0.1, 0.15) is 0 Å². The van der Waals surface area contributed by atoms with Crippen LogP contribution in [0.1, 0.15) is 26.7 Å². The van der Waals surface area contributed by atoms with Crippen molar-refractivity contribution in [2.45, 2.75) is 26.7 Å². The highest BCUT2D eigenvalue weighted by molar-refractivity contribution is 4.96. The van der Waals surface area contributed by atoms with Gasteiger partial charge in [-0.3, -0.25) is 0 Å². The second-order valence-corrected chi connectivity index (χ2v) is 4.56. The number of rotatable bonds is 1. The van der Waals surface area contributed by atoms with Gasteiger partial charge in [-0.25, -0.2) is 0 Å². The third kappa shape index (κ3) is 0.968. The lowest BCUT2D eigenvalue weighted by molar-refractivity contribution is 0.259. The zero-order valence-electron chi connectivity index (χ0n) is 6.98. The summed E-state index contributed by atoms with van der Waals surface area (Å²) in [5.41, 5.74) is 0.584. The van der Waals surface area contributed by atoms with Crippen LogP contribution in [0.5, 0.6) is 0 Å². The molecule has 1 nitrogen and oxygen atoms in total. The largest absolute Gasteiger partial charge is 0.316 e. The van der Waals surface area contributed by atoms with Crippen LogP contribution in [0.25, 0.3) is 0 Å². The van der Waals surface area contributed by atoms with Crippen LogP contribution in [0.15, 0.2) is 0 Å². The molecule has 0 aromatic rings. The maximum atomic E-state index is 3.48. The van der Waals surface area contributed by atoms with Crippen LogP contribution in [0.4, 0.5) is 0 Å². The summed E-state index contributed by atoms with van der Waals surface area (Å²) >= 11 is 0. The van der Waals surface area contributed by atoms with Crippen LogP contribution in [0.3, 0.4) is 0 Å². The van der Waals surface area contributed by atoms with Crippen LogP contribution in [-0.2, 0) is 0 Å². The van der Waals surface area contributed by atoms with Gasteiger partial charge in [-0.15, -0.1) is 0 Å². The fourth-order valence-electron chi connectivity index (χ4n) is 2.26. The van der Waals surface area contributed by atoms with Gasteiger partial charge in [0, 0.05) is 6.54 Å². The maximum Gasteiger partial charge on any atom is 0.000587 e. The Kier molecular flexibility index (Phi) is 1.31. The Morgan fingerprint density at radius 2 is 2.00 bits per heavy atom. The summed E-state index contributed by atoms with van der Waals surface area (Å²) in [5.74, 6) is 2.05. The van der Waals surface area contributed by atoms with Gasteiger partial charge in [0.2, 0.25) is 0 Å². The minimum absolute atomic E-state index is 0.584. The highest BCUT2D eigenvalue weighted by atomic mass is 14.9. The smallest absolute Gasteiger partial charge is 0.000587 e. The lowest BCUT2D eigenvalue weighted by atomic mass is 9.79. The van der Waals surface area contributed by atoms with Crippen LogP contribution < -0.4 is 5.32 Å². The van der Waals surface area contributed by atoms with Gasteiger partial charge < -0.3 is 5.32 Å². The van der Waals surface area contributed by atoms with Crippen molar-refractivity contribution in [3.05, 3.63) is 0 Å². The molecule has 0 radical (unpaired) electrons. The van der Waals surface area contributed by atoms with Gasteiger partial charge in [-0.05, 0) is 36.6 Å². The van der Waals surface area contributed by atoms with Crippen molar-refractivity contribution in [2.24, 2.45) is 17.3 Å². The Balaban J connectivity index is 2.05. The molecule has 1 heterocycles. The van der Waals surface area contributed by atoms with E-state index in [1.54, 1.807) is 0 Å². The van der Waals surface area contributed by atoms with Crippen molar-refractivity contribution in [3.8, 4) is 0 Å². The molecule has 2 rings (SSSR count). The summed E-state index contributed by atoms with van der Waals surface area (Å²) in [4.78, 5) is 0. The molecule has 1 aliphatic carbocycles. The average molecular weight is 139 g/mol. The molecule has 0 unspecified atom stereocenters. The molecule has 1 heteroatoms. The fraction of sp³-hybridized carbons (Fsp3) is 1.00. The van der Waals surface area contributed by atoms with E-state index >= 15 is 0 Å². The monoisotopic (exact) mass is 139 g/mol. The van der Waals surface area contributed by atoms with Gasteiger partial charge in [0.05, 0.1) is 0 Å². The molecule has 0 aromatic carbocycles. The predicted molar refractivity (Wildman–Crippen MR) is 42.9 cm³/mol. The summed E-state index contributed by atoms with van der Waals surface area (Å²) in [6, 6.07) is 0. The summed E-state index contributed by atoms with van der Waals surface area (Å²) in [7, 11) is 0. The fourth-order valence-corrected chi connectivity index (χ4v) is 2.26. The van der Waals surface area contributed by atoms with Crippen LogP contribution >= 0.6 is 0 Å². The molecule has 2 fully saturated rings. The molecule has 1 aliphatic heterocycles. The molecular weight excluding hydrogens is 122 g/mol. The molecule has 58 valence electrons. The van der Waals surface area contributed by atoms with Crippen molar-refractivity contribution >= 4 is 0 Å². The first kappa shape index (κ1) is 6.66. The van der Waals surface area contributed by atoms with E-state index < -0.39 is 0 Å². The second kappa shape index (κ2) is 1.97. The summed E-state index contributed by atoms with van der Waals surface area (Å²) in [6.45, 7) is 7.30. The zero-order chi connectivity index (χ0) is 7.19. The van der Waals surface area contributed by atoms with Gasteiger partial charge in [-0.1, -0.05) is 13.8 Å². The molecule has 2 aliphatic rings. The first-order valence-electron chi connectivity index (χ1n) is 4.41. The minimum atomic E-state index is 0.584. The quantitative estimate of drug-likeness (QED) is 0.582. The van der Waals surface area contributed by atoms with Crippen LogP contribution in [-0.4, -0.2) is 13.1 Å². The Morgan fingerprint density at radius 3 is 2.40 bits per heavy atom. The molecule has 1 saturated carbocycles. The van der Waals surface area contributed by atoms with E-state index in [-0.39, 0.29) is 0 Å². The first-order valence-corrected chi connectivity index (χ1v) is 4.41. The molecule has 10 heavy (non-hydrogen) atoms. The van der Waals surface area contributed by atoms with Crippen molar-refractivity contribution in [2.75, 3.05) is 13.1 Å². The Bertz CT molecular complexity index is 136. The summed E-state index contributed by atoms with van der Waals surface area (Å²) < 4.78 is 0. The first-order chi connectivity index (χ1) is 4.70. The van der Waals surface area contributed by atoms with Crippen LogP contribution in [0.2, 0.25) is 0 Å². The lowest BCUT2D eigenvalue weighted by Crippen LogP contribution is -2.23. The topological polar surface area (TPSA) is 12.0 Å². The molecular formula is C9H17N. The molecule has 0 bridgehead atoms. The van der Waals surface area contributed by atoms with E-state index in [9.17, 15) is 0 Å². The molecule has 1 N–H and O–H groups in total. The van der Waals surface area contributed by atoms with Gasteiger partial charge in [0.15, 0.2) is 0 Å². The van der Waals surface area contributed by atoms with Crippen molar-refractivity contribution in [3.63, 3.8) is 0 Å². The third-order valence-electron chi connectivity index (χ3n) is 3.14. The summed E-state index contributed by atoms with van der Waals surface area (Å²) in [5, 5.41) is 3.48. The van der Waals surface area contributed by atoms with Crippen LogP contribution in [0, 0.1) is 17.3 Å². The highest BCUT2D eigenvalue weighted by Crippen LogP contribution is 2.47. The van der Waals surface area contributed by atoms with Crippen molar-refractivity contribution in [1.29, 1.82) is 0 Å². The molecule has 0 aromatic heterocycles. The maximum absolute atomic E-state index is 3.48. The lowest BCUT2D eigenvalue weighted by Gasteiger charge is -2.25. The van der Waals surface area contributed by atoms with Gasteiger partial charge in [-0.2, -0.15) is 0 Å². The van der Waals surface area contributed by atoms with E-state index in [1.807, 2.05) is 0 Å². The van der Waals surface area contributed by atoms with E-state index in [0.717, 1.165) is 11.8 Å². The number of nitrogens with one attached hydrogen (secondary N) is 1. The normalized spacial score (nSPS) is 38.4. The van der Waals surface area contributed by atoms with E-state index in [0.29, 0.717) is 5.41 Å². The minimum Gasteiger partial charge on any atom is -0.316 e. The zero-order valence-corrected chi connectivity index (χ0v) is 6.98. The number of hydrogen-bond donors (Lipinski definition) is 1. The standard InChI is InChI=1S/C9H17N/c1-9(2)6-10-5-8(9)7-3-4-7/h7-8,10H,3-6H2,1-2H3/t8-/m0/s1. The van der Waals surface area contributed by atoms with E-state index in [1.165, 1.54) is 25.9 Å². The van der Waals surface area contributed by atoms with Crippen molar-refractivity contribution < 1.29 is 0 Å². The number of hydrogen-bond acceptors (Lipinski definition) is 1. The third-order valence-corrected chi connectivity index (χ3v) is 3.14.